The Morgan fingerprint density at radius 2 is 2.28 bits per heavy atom. The van der Waals surface area contributed by atoms with Crippen molar-refractivity contribution in [1.29, 1.82) is 0 Å². The van der Waals surface area contributed by atoms with E-state index in [4.69, 9.17) is 0 Å². The Kier molecular flexibility index (Phi) is 5.40. The summed E-state index contributed by atoms with van der Waals surface area (Å²) < 4.78 is 2.99. The number of hydrogen-bond acceptors (Lipinski definition) is 2. The zero-order valence-corrected chi connectivity index (χ0v) is 17.1. The van der Waals surface area contributed by atoms with E-state index in [9.17, 15) is 4.79 Å². The van der Waals surface area contributed by atoms with E-state index in [1.165, 1.54) is 38.5 Å². The summed E-state index contributed by atoms with van der Waals surface area (Å²) in [6.45, 7) is 2.25. The maximum absolute atomic E-state index is 12.3. The van der Waals surface area contributed by atoms with Gasteiger partial charge in [0.2, 0.25) is 0 Å². The van der Waals surface area contributed by atoms with Gasteiger partial charge in [0.1, 0.15) is 0 Å². The van der Waals surface area contributed by atoms with Crippen LogP contribution in [-0.4, -0.2) is 13.1 Å². The van der Waals surface area contributed by atoms with Crippen molar-refractivity contribution in [3.8, 4) is 0 Å². The molecule has 1 atom stereocenters. The van der Waals surface area contributed by atoms with E-state index in [1.807, 2.05) is 19.3 Å². The fourth-order valence-electron chi connectivity index (χ4n) is 3.21. The van der Waals surface area contributed by atoms with Crippen molar-refractivity contribution in [2.75, 3.05) is 0 Å². The molecule has 0 amide bonds. The van der Waals surface area contributed by atoms with Gasteiger partial charge >= 0.3 is 122 Å². The quantitative estimate of drug-likeness (QED) is 0.643. The summed E-state index contributed by atoms with van der Waals surface area (Å²) in [5.74, 6) is 0.874. The molecule has 0 N–H and O–H groups in total. The van der Waals surface area contributed by atoms with Gasteiger partial charge in [-0.2, -0.15) is 0 Å². The molecule has 0 radical (unpaired) electrons. The fourth-order valence-corrected chi connectivity index (χ4v) is 12.1. The first-order valence-electron chi connectivity index (χ1n) is 7.23. The summed E-state index contributed by atoms with van der Waals surface area (Å²) in [5, 5.41) is 4.27. The topological polar surface area (TPSA) is 34.9 Å². The van der Waals surface area contributed by atoms with E-state index in [0.717, 1.165) is 15.0 Å². The second-order valence-corrected chi connectivity index (χ2v) is 13.8. The van der Waals surface area contributed by atoms with Gasteiger partial charge in [-0.05, 0) is 0 Å². The molecule has 1 heterocycles. The van der Waals surface area contributed by atoms with Crippen LogP contribution in [0, 0.1) is 5.92 Å². The molecular weight excluding hydrogens is 413 g/mol. The average Bonchev–Trinajstić information content (AvgIpc) is 2.98. The van der Waals surface area contributed by atoms with Crippen molar-refractivity contribution < 1.29 is 29.4 Å². The predicted molar refractivity (Wildman–Crippen MR) is 68.2 cm³/mol. The average molecular weight is 435 g/mol. The first kappa shape index (κ1) is 14.2. The van der Waals surface area contributed by atoms with E-state index in [1.54, 1.807) is 4.68 Å². The van der Waals surface area contributed by atoms with E-state index < -0.39 is 24.6 Å². The molecule has 0 aliphatic heterocycles. The van der Waals surface area contributed by atoms with E-state index in [2.05, 4.69) is 12.0 Å². The summed E-state index contributed by atoms with van der Waals surface area (Å²) in [6, 6.07) is 1.89. The summed E-state index contributed by atoms with van der Waals surface area (Å²) in [5.41, 5.74) is 0.735. The molecule has 4 heteroatoms. The van der Waals surface area contributed by atoms with Crippen molar-refractivity contribution in [2.45, 2.75) is 48.9 Å². The molecule has 3 nitrogen and oxygen atoms in total. The maximum atomic E-state index is 12.3. The summed E-state index contributed by atoms with van der Waals surface area (Å²) >= 11 is -1.52. The predicted octanol–water partition coefficient (Wildman–Crippen LogP) is 3.42. The Morgan fingerprint density at radius 3 is 2.83 bits per heavy atom. The third-order valence-corrected chi connectivity index (χ3v) is 13.2. The molecule has 2 rings (SSSR count). The first-order chi connectivity index (χ1) is 8.70. The number of nitrogens with zero attached hydrogens (tertiary/aromatic N) is 2. The molecule has 1 aliphatic rings. The summed E-state index contributed by atoms with van der Waals surface area (Å²) in [6.07, 6.45) is 9.92. The minimum atomic E-state index is -1.52. The molecule has 0 aromatic carbocycles. The van der Waals surface area contributed by atoms with E-state index in [-0.39, 0.29) is 0 Å². The van der Waals surface area contributed by atoms with Gasteiger partial charge in [-0.1, -0.05) is 0 Å². The van der Waals surface area contributed by atoms with Crippen LogP contribution in [-0.2, 0) is 31.6 Å². The van der Waals surface area contributed by atoms with Crippen LogP contribution < -0.4 is 0 Å². The fraction of sp³-hybridized carbons (Fsp3) is 0.714. The molecule has 0 bridgehead atoms. The monoisotopic (exact) mass is 436 g/mol. The van der Waals surface area contributed by atoms with Crippen LogP contribution in [0.25, 0.3) is 0 Å². The number of carbonyl (C=O) groups is 1. The summed E-state index contributed by atoms with van der Waals surface area (Å²) in [4.78, 5) is 12.3. The molecule has 0 saturated heterocycles. The molecule has 1 aliphatic carbocycles. The Morgan fingerprint density at radius 1 is 1.56 bits per heavy atom. The molecule has 1 aromatic heterocycles. The summed E-state index contributed by atoms with van der Waals surface area (Å²) in [7, 11) is 1.88. The number of rotatable bonds is 6. The van der Waals surface area contributed by atoms with Gasteiger partial charge in [0.15, 0.2) is 0 Å². The number of aromatic nitrogens is 2. The van der Waals surface area contributed by atoms with Crippen LogP contribution in [0.1, 0.15) is 55.9 Å². The van der Waals surface area contributed by atoms with Crippen LogP contribution in [0.3, 0.4) is 0 Å². The van der Waals surface area contributed by atoms with E-state index >= 15 is 0 Å². The molecule has 1 unspecified atom stereocenters. The Labute approximate surface area is 122 Å². The van der Waals surface area contributed by atoms with Crippen molar-refractivity contribution in [3.63, 3.8) is 0 Å². The molecule has 1 saturated carbocycles. The Hall–Kier alpha value is -0.185. The van der Waals surface area contributed by atoms with Crippen molar-refractivity contribution in [2.24, 2.45) is 13.0 Å². The van der Waals surface area contributed by atoms with Crippen molar-refractivity contribution >= 4 is 3.29 Å². The normalized spacial score (nSPS) is 17.7. The van der Waals surface area contributed by atoms with Crippen LogP contribution in [0.4, 0.5) is 0 Å². The minimum absolute atomic E-state index is 0.445. The molecule has 18 heavy (non-hydrogen) atoms. The second-order valence-electron chi connectivity index (χ2n) is 5.60. The van der Waals surface area contributed by atoms with Crippen LogP contribution >= 0.6 is 0 Å². The zero-order valence-electron chi connectivity index (χ0n) is 11.6. The van der Waals surface area contributed by atoms with E-state index in [0.29, 0.717) is 3.29 Å². The molecule has 0 spiro atoms. The first-order valence-corrected chi connectivity index (χ1v) is 13.2. The number of carbonyl (C=O) groups excluding carboxylic acids is 1. The third-order valence-electron chi connectivity index (χ3n) is 4.17. The van der Waals surface area contributed by atoms with Gasteiger partial charge in [-0.25, -0.2) is 0 Å². The standard InChI is InChI=1S/C9H17.C5H5N2O.Hg/c1-2-3-6-9-7-4-5-8-9;1-7-3-2-5(4-8)6-7;/h6,9H,2-5,7-8H2,1H3;2-3H,1H3;. The number of aryl methyl sites for hydroxylation is 1. The zero-order chi connectivity index (χ0) is 13.0. The van der Waals surface area contributed by atoms with Gasteiger partial charge in [-0.3, -0.25) is 0 Å². The van der Waals surface area contributed by atoms with Crippen LogP contribution in [0.2, 0.25) is 3.43 Å². The third kappa shape index (κ3) is 3.66. The van der Waals surface area contributed by atoms with Crippen LogP contribution in [0.5, 0.6) is 0 Å². The van der Waals surface area contributed by atoms with Gasteiger partial charge in [0, 0.05) is 0 Å². The second kappa shape index (κ2) is 6.83. The van der Waals surface area contributed by atoms with Crippen molar-refractivity contribution in [1.82, 2.24) is 9.78 Å². The SMILES string of the molecule is CCC[CH]([Hg][C](=O)c1ccn(C)n1)C1CCCC1. The van der Waals surface area contributed by atoms with Crippen molar-refractivity contribution in [3.05, 3.63) is 18.0 Å². The van der Waals surface area contributed by atoms with Gasteiger partial charge in [0.05, 0.1) is 0 Å². The van der Waals surface area contributed by atoms with Gasteiger partial charge in [-0.15, -0.1) is 0 Å². The molecule has 96 valence electrons. The number of hydrogen-bond donors (Lipinski definition) is 0. The molecular formula is C14H22HgN2O. The Balaban J connectivity index is 1.97. The van der Waals surface area contributed by atoms with Gasteiger partial charge in [0.25, 0.3) is 0 Å². The van der Waals surface area contributed by atoms with Gasteiger partial charge < -0.3 is 0 Å². The Bertz CT molecular complexity index is 396. The van der Waals surface area contributed by atoms with Crippen LogP contribution in [0.15, 0.2) is 12.3 Å². The molecule has 1 fully saturated rings. The molecule has 1 aromatic rings.